The molecule has 3 rings (SSSR count). The van der Waals surface area contributed by atoms with Gasteiger partial charge in [-0.2, -0.15) is 0 Å². The van der Waals surface area contributed by atoms with Crippen molar-refractivity contribution < 1.29 is 14.3 Å². The fourth-order valence-corrected chi connectivity index (χ4v) is 3.92. The summed E-state index contributed by atoms with van der Waals surface area (Å²) in [5.41, 5.74) is 0.776. The van der Waals surface area contributed by atoms with E-state index in [-0.39, 0.29) is 18.3 Å². The second-order valence-corrected chi connectivity index (χ2v) is 8.15. The highest BCUT2D eigenvalue weighted by Crippen LogP contribution is 2.22. The van der Waals surface area contributed by atoms with Gasteiger partial charge in [0.05, 0.1) is 12.9 Å². The van der Waals surface area contributed by atoms with Crippen LogP contribution in [0.25, 0.3) is 0 Å². The molecule has 0 aliphatic rings. The molecule has 31 heavy (non-hydrogen) atoms. The van der Waals surface area contributed by atoms with Crippen LogP contribution in [0.2, 0.25) is 0 Å². The van der Waals surface area contributed by atoms with Crippen LogP contribution in [-0.2, 0) is 17.9 Å². The van der Waals surface area contributed by atoms with E-state index < -0.39 is 0 Å². The topological polar surface area (TPSA) is 78.3 Å². The van der Waals surface area contributed by atoms with Crippen molar-refractivity contribution in [1.82, 2.24) is 14.8 Å². The van der Waals surface area contributed by atoms with Gasteiger partial charge in [0.15, 0.2) is 11.0 Å². The van der Waals surface area contributed by atoms with Crippen LogP contribution in [0.5, 0.6) is 11.5 Å². The van der Waals surface area contributed by atoms with E-state index in [9.17, 15) is 4.79 Å². The molecule has 1 heterocycles. The predicted molar refractivity (Wildman–Crippen MR) is 125 cm³/mol. The quantitative estimate of drug-likeness (QED) is 0.336. The molecule has 162 valence electrons. The third-order valence-corrected chi connectivity index (χ3v) is 5.91. The number of allylic oxidation sites excluding steroid dienone is 1. The van der Waals surface area contributed by atoms with Crippen molar-refractivity contribution in [3.63, 3.8) is 0 Å². The summed E-state index contributed by atoms with van der Waals surface area (Å²) < 4.78 is 12.9. The molecule has 0 radical (unpaired) electrons. The Morgan fingerprint density at radius 1 is 1.19 bits per heavy atom. The molecule has 9 heteroatoms. The number of nitrogens with zero attached hydrogens (tertiary/aromatic N) is 3. The lowest BCUT2D eigenvalue weighted by molar-refractivity contribution is -0.113. The van der Waals surface area contributed by atoms with E-state index in [2.05, 4.69) is 22.1 Å². The minimum Gasteiger partial charge on any atom is -0.497 e. The van der Waals surface area contributed by atoms with Crippen LogP contribution >= 0.6 is 23.5 Å². The fourth-order valence-electron chi connectivity index (χ4n) is 2.69. The van der Waals surface area contributed by atoms with Crippen LogP contribution in [0.1, 0.15) is 5.82 Å². The summed E-state index contributed by atoms with van der Waals surface area (Å²) >= 11 is 2.95. The van der Waals surface area contributed by atoms with E-state index >= 15 is 0 Å². The molecule has 0 bridgehead atoms. The normalized spacial score (nSPS) is 10.5. The summed E-state index contributed by atoms with van der Waals surface area (Å²) in [4.78, 5) is 13.5. The summed E-state index contributed by atoms with van der Waals surface area (Å²) in [5, 5.41) is 12.0. The van der Waals surface area contributed by atoms with Gasteiger partial charge in [-0.15, -0.1) is 28.5 Å². The Morgan fingerprint density at radius 2 is 1.97 bits per heavy atom. The van der Waals surface area contributed by atoms with Gasteiger partial charge in [0.25, 0.3) is 0 Å². The maximum Gasteiger partial charge on any atom is 0.234 e. The van der Waals surface area contributed by atoms with Crippen LogP contribution in [-0.4, -0.2) is 39.8 Å². The number of aromatic nitrogens is 3. The van der Waals surface area contributed by atoms with E-state index in [0.29, 0.717) is 23.3 Å². The summed E-state index contributed by atoms with van der Waals surface area (Å²) in [6.45, 7) is 4.57. The molecule has 7 nitrogen and oxygen atoms in total. The highest BCUT2D eigenvalue weighted by Gasteiger charge is 2.14. The zero-order valence-electron chi connectivity index (χ0n) is 17.4. The number of carbonyl (C=O) groups excluding carboxylic acids is 1. The Bertz CT molecular complexity index is 1020. The minimum atomic E-state index is -0.104. The maximum absolute atomic E-state index is 12.4. The van der Waals surface area contributed by atoms with E-state index in [1.54, 1.807) is 24.9 Å². The molecule has 0 aliphatic carbocycles. The second-order valence-electron chi connectivity index (χ2n) is 6.33. The van der Waals surface area contributed by atoms with Gasteiger partial charge in [-0.25, -0.2) is 0 Å². The van der Waals surface area contributed by atoms with Crippen molar-refractivity contribution in [2.75, 3.05) is 24.4 Å². The molecule has 0 unspecified atom stereocenters. The van der Waals surface area contributed by atoms with Crippen molar-refractivity contribution in [1.29, 1.82) is 0 Å². The maximum atomic E-state index is 12.4. The van der Waals surface area contributed by atoms with Gasteiger partial charge in [0.2, 0.25) is 5.91 Å². The van der Waals surface area contributed by atoms with Gasteiger partial charge in [0.1, 0.15) is 18.1 Å². The van der Waals surface area contributed by atoms with Crippen LogP contribution < -0.4 is 14.8 Å². The Balaban J connectivity index is 1.59. The van der Waals surface area contributed by atoms with Gasteiger partial charge in [-0.05, 0) is 48.7 Å². The molecular weight excluding hydrogens is 432 g/mol. The van der Waals surface area contributed by atoms with Crippen LogP contribution in [0.4, 0.5) is 5.69 Å². The van der Waals surface area contributed by atoms with Gasteiger partial charge < -0.3 is 14.8 Å². The number of rotatable bonds is 11. The molecule has 0 fully saturated rings. The first-order valence-corrected chi connectivity index (χ1v) is 11.7. The van der Waals surface area contributed by atoms with Crippen LogP contribution in [0.3, 0.4) is 0 Å². The molecular formula is C22H24N4O3S2. The van der Waals surface area contributed by atoms with Crippen molar-refractivity contribution in [3.05, 3.63) is 67.0 Å². The van der Waals surface area contributed by atoms with Crippen molar-refractivity contribution >= 4 is 35.1 Å². The Morgan fingerprint density at radius 3 is 2.68 bits per heavy atom. The lowest BCUT2D eigenvalue weighted by Crippen LogP contribution is -2.15. The van der Waals surface area contributed by atoms with Crippen molar-refractivity contribution in [3.8, 4) is 11.5 Å². The Kier molecular flexibility index (Phi) is 8.43. The number of carbonyl (C=O) groups is 1. The van der Waals surface area contributed by atoms with E-state index in [4.69, 9.17) is 9.47 Å². The monoisotopic (exact) mass is 456 g/mol. The number of hydrogen-bond donors (Lipinski definition) is 1. The zero-order chi connectivity index (χ0) is 22.1. The third kappa shape index (κ3) is 6.53. The summed E-state index contributed by atoms with van der Waals surface area (Å²) in [6.07, 6.45) is 3.76. The predicted octanol–water partition coefficient (Wildman–Crippen LogP) is 4.50. The van der Waals surface area contributed by atoms with Crippen LogP contribution in [0, 0.1) is 0 Å². The summed E-state index contributed by atoms with van der Waals surface area (Å²) in [7, 11) is 1.62. The lowest BCUT2D eigenvalue weighted by Gasteiger charge is -2.10. The fraction of sp³-hybridized carbons (Fsp3) is 0.227. The SMILES string of the molecule is C=CCn1c(COc2ccc(OC)cc2)nnc1SCC(=O)Nc1cccc(SC)c1. The number of hydrogen-bond acceptors (Lipinski definition) is 7. The first kappa shape index (κ1) is 22.8. The minimum absolute atomic E-state index is 0.104. The highest BCUT2D eigenvalue weighted by molar-refractivity contribution is 7.99. The standard InChI is InChI=1S/C22H24N4O3S2/c1-4-12-26-20(14-29-18-10-8-17(28-2)9-11-18)24-25-22(26)31-15-21(27)23-16-6-5-7-19(13-16)30-3/h4-11,13H,1,12,14-15H2,2-3H3,(H,23,27). The first-order chi connectivity index (χ1) is 15.1. The molecule has 0 saturated carbocycles. The first-order valence-electron chi connectivity index (χ1n) is 9.49. The zero-order valence-corrected chi connectivity index (χ0v) is 19.0. The largest absolute Gasteiger partial charge is 0.497 e. The van der Waals surface area contributed by atoms with E-state index in [1.807, 2.05) is 59.4 Å². The smallest absolute Gasteiger partial charge is 0.234 e. The third-order valence-electron chi connectivity index (χ3n) is 4.22. The molecule has 3 aromatic rings. The van der Waals surface area contributed by atoms with Crippen molar-refractivity contribution in [2.24, 2.45) is 0 Å². The summed E-state index contributed by atoms with van der Waals surface area (Å²) in [5.74, 6) is 2.24. The average molecular weight is 457 g/mol. The molecule has 2 aromatic carbocycles. The van der Waals surface area contributed by atoms with Crippen molar-refractivity contribution in [2.45, 2.75) is 23.2 Å². The molecule has 1 N–H and O–H groups in total. The molecule has 0 atom stereocenters. The molecule has 0 aliphatic heterocycles. The molecule has 0 spiro atoms. The number of benzene rings is 2. The Hall–Kier alpha value is -2.91. The lowest BCUT2D eigenvalue weighted by atomic mass is 10.3. The average Bonchev–Trinajstić information content (AvgIpc) is 3.18. The highest BCUT2D eigenvalue weighted by atomic mass is 32.2. The number of thioether (sulfide) groups is 2. The van der Waals surface area contributed by atoms with Crippen LogP contribution in [0.15, 0.2) is 71.2 Å². The number of ether oxygens (including phenoxy) is 2. The second kappa shape index (κ2) is 11.5. The summed E-state index contributed by atoms with van der Waals surface area (Å²) in [6, 6.07) is 15.1. The molecule has 1 aromatic heterocycles. The number of methoxy groups -OCH3 is 1. The Labute approximate surface area is 190 Å². The number of nitrogens with one attached hydrogen (secondary N) is 1. The van der Waals surface area contributed by atoms with Gasteiger partial charge in [0, 0.05) is 17.1 Å². The van der Waals surface area contributed by atoms with E-state index in [0.717, 1.165) is 16.3 Å². The van der Waals surface area contributed by atoms with Gasteiger partial charge in [-0.3, -0.25) is 9.36 Å². The van der Waals surface area contributed by atoms with Gasteiger partial charge >= 0.3 is 0 Å². The van der Waals surface area contributed by atoms with Gasteiger partial charge in [-0.1, -0.05) is 23.9 Å². The number of anilines is 1. The number of amides is 1. The molecule has 0 saturated heterocycles. The molecule has 1 amide bonds. The van der Waals surface area contributed by atoms with E-state index in [1.165, 1.54) is 11.8 Å².